The van der Waals surface area contributed by atoms with Gasteiger partial charge in [0.2, 0.25) is 0 Å². The fourth-order valence-electron chi connectivity index (χ4n) is 4.03. The van der Waals surface area contributed by atoms with Gasteiger partial charge in [-0.1, -0.05) is 49.1 Å². The van der Waals surface area contributed by atoms with E-state index in [1.54, 1.807) is 36.3 Å². The number of amides is 3. The van der Waals surface area contributed by atoms with Crippen LogP contribution in [0.3, 0.4) is 0 Å². The summed E-state index contributed by atoms with van der Waals surface area (Å²) >= 11 is 0. The number of rotatable bonds is 7. The van der Waals surface area contributed by atoms with E-state index >= 15 is 0 Å². The summed E-state index contributed by atoms with van der Waals surface area (Å²) in [6, 6.07) is 13.5. The molecule has 7 nitrogen and oxygen atoms in total. The van der Waals surface area contributed by atoms with Gasteiger partial charge in [-0.2, -0.15) is 0 Å². The summed E-state index contributed by atoms with van der Waals surface area (Å²) in [5, 5.41) is 16.8. The van der Waals surface area contributed by atoms with E-state index in [2.05, 4.69) is 42.4 Å². The second kappa shape index (κ2) is 10.9. The Morgan fingerprint density at radius 2 is 1.76 bits per heavy atom. The molecule has 2 aromatic carbocycles. The first-order valence-electron chi connectivity index (χ1n) is 11.5. The summed E-state index contributed by atoms with van der Waals surface area (Å²) in [5.41, 5.74) is 1.33. The molecule has 0 aromatic heterocycles. The fourth-order valence-corrected chi connectivity index (χ4v) is 5.20. The highest BCUT2D eigenvalue weighted by Crippen LogP contribution is 2.22. The van der Waals surface area contributed by atoms with Crippen molar-refractivity contribution in [3.63, 3.8) is 0 Å². The third-order valence-corrected chi connectivity index (χ3v) is 8.16. The van der Waals surface area contributed by atoms with E-state index < -0.39 is 14.1 Å². The molecule has 8 heteroatoms. The molecule has 0 aliphatic carbocycles. The van der Waals surface area contributed by atoms with Crippen molar-refractivity contribution in [1.29, 1.82) is 0 Å². The molecule has 2 aromatic rings. The van der Waals surface area contributed by atoms with Crippen LogP contribution in [0, 0.1) is 0 Å². The van der Waals surface area contributed by atoms with Gasteiger partial charge in [0.15, 0.2) is 0 Å². The summed E-state index contributed by atoms with van der Waals surface area (Å²) in [6.07, 6.45) is 2.62. The minimum Gasteiger partial charge on any atom is -0.497 e. The first kappa shape index (κ1) is 24.8. The van der Waals surface area contributed by atoms with Crippen molar-refractivity contribution in [2.45, 2.75) is 51.0 Å². The van der Waals surface area contributed by atoms with Crippen LogP contribution in [0.1, 0.15) is 30.9 Å². The lowest BCUT2D eigenvalue weighted by molar-refractivity contribution is -0.118. The minimum absolute atomic E-state index is 0.0870. The summed E-state index contributed by atoms with van der Waals surface area (Å²) < 4.78 is 5.23. The molecule has 178 valence electrons. The molecule has 3 amide bonds. The van der Waals surface area contributed by atoms with Crippen molar-refractivity contribution < 1.29 is 19.4 Å². The SMILES string of the molecule is COc1ccc(C(NC(=O)N2CCCCC2CO)C(=O)Nc2ccc([Si](C)(C)C)cc2)cc1. The zero-order valence-electron chi connectivity index (χ0n) is 19.9. The highest BCUT2D eigenvalue weighted by molar-refractivity contribution is 6.88. The summed E-state index contributed by atoms with van der Waals surface area (Å²) in [5.74, 6) is 0.342. The van der Waals surface area contributed by atoms with Gasteiger partial charge in [0.25, 0.3) is 5.91 Å². The van der Waals surface area contributed by atoms with Crippen LogP contribution >= 0.6 is 0 Å². The third-order valence-electron chi connectivity index (χ3n) is 6.10. The molecule has 0 saturated carbocycles. The van der Waals surface area contributed by atoms with Gasteiger partial charge in [-0.05, 0) is 49.1 Å². The van der Waals surface area contributed by atoms with Crippen molar-refractivity contribution in [3.8, 4) is 5.75 Å². The second-order valence-electron chi connectivity index (χ2n) is 9.50. The minimum atomic E-state index is -1.44. The third kappa shape index (κ3) is 6.36. The van der Waals surface area contributed by atoms with Crippen LogP contribution in [-0.4, -0.2) is 56.3 Å². The lowest BCUT2D eigenvalue weighted by Gasteiger charge is -2.35. The maximum absolute atomic E-state index is 13.3. The molecule has 0 spiro atoms. The van der Waals surface area contributed by atoms with Gasteiger partial charge in [-0.15, -0.1) is 0 Å². The number of anilines is 1. The molecular weight excluding hydrogens is 434 g/mol. The smallest absolute Gasteiger partial charge is 0.318 e. The van der Waals surface area contributed by atoms with E-state index in [1.165, 1.54) is 5.19 Å². The average molecular weight is 470 g/mol. The maximum atomic E-state index is 13.3. The predicted octanol–water partition coefficient (Wildman–Crippen LogP) is 3.48. The largest absolute Gasteiger partial charge is 0.497 e. The summed E-state index contributed by atoms with van der Waals surface area (Å²) in [7, 11) is 0.141. The Balaban J connectivity index is 1.81. The summed E-state index contributed by atoms with van der Waals surface area (Å²) in [6.45, 7) is 7.30. The van der Waals surface area contributed by atoms with E-state index in [0.717, 1.165) is 19.3 Å². The zero-order chi connectivity index (χ0) is 24.0. The number of carbonyl (C=O) groups excluding carboxylic acids is 2. The number of ether oxygens (including phenoxy) is 1. The zero-order valence-corrected chi connectivity index (χ0v) is 20.9. The molecule has 33 heavy (non-hydrogen) atoms. The monoisotopic (exact) mass is 469 g/mol. The number of nitrogens with one attached hydrogen (secondary N) is 2. The van der Waals surface area contributed by atoms with E-state index in [1.807, 2.05) is 12.1 Å². The fraction of sp³-hybridized carbons (Fsp3) is 0.440. The van der Waals surface area contributed by atoms with Crippen LogP contribution in [0.15, 0.2) is 48.5 Å². The van der Waals surface area contributed by atoms with Gasteiger partial charge in [-0.3, -0.25) is 4.79 Å². The van der Waals surface area contributed by atoms with Crippen LogP contribution < -0.4 is 20.6 Å². The number of carbonyl (C=O) groups is 2. The van der Waals surface area contributed by atoms with Crippen molar-refractivity contribution in [1.82, 2.24) is 10.2 Å². The molecule has 1 fully saturated rings. The lowest BCUT2D eigenvalue weighted by atomic mass is 10.0. The lowest BCUT2D eigenvalue weighted by Crippen LogP contribution is -2.52. The van der Waals surface area contributed by atoms with E-state index in [4.69, 9.17) is 4.74 Å². The normalized spacial score (nSPS) is 17.2. The number of hydrogen-bond acceptors (Lipinski definition) is 4. The van der Waals surface area contributed by atoms with E-state index in [9.17, 15) is 14.7 Å². The number of aliphatic hydroxyl groups excluding tert-OH is 1. The Kier molecular flexibility index (Phi) is 8.15. The van der Waals surface area contributed by atoms with Gasteiger partial charge >= 0.3 is 6.03 Å². The molecule has 1 heterocycles. The van der Waals surface area contributed by atoms with Crippen molar-refractivity contribution in [2.75, 3.05) is 25.6 Å². The number of piperidine rings is 1. The molecule has 3 rings (SSSR count). The van der Waals surface area contributed by atoms with Crippen molar-refractivity contribution >= 4 is 30.9 Å². The molecule has 1 aliphatic heterocycles. The van der Waals surface area contributed by atoms with Gasteiger partial charge < -0.3 is 25.4 Å². The van der Waals surface area contributed by atoms with Crippen LogP contribution in [0.25, 0.3) is 0 Å². The van der Waals surface area contributed by atoms with Gasteiger partial charge in [0, 0.05) is 12.2 Å². The van der Waals surface area contributed by atoms with Crippen molar-refractivity contribution in [3.05, 3.63) is 54.1 Å². The number of aliphatic hydroxyl groups is 1. The molecule has 3 N–H and O–H groups in total. The van der Waals surface area contributed by atoms with E-state index in [0.29, 0.717) is 23.5 Å². The van der Waals surface area contributed by atoms with Crippen LogP contribution in [0.5, 0.6) is 5.75 Å². The Hall–Kier alpha value is -2.84. The molecule has 2 unspecified atom stereocenters. The topological polar surface area (TPSA) is 90.9 Å². The highest BCUT2D eigenvalue weighted by Gasteiger charge is 2.30. The van der Waals surface area contributed by atoms with Gasteiger partial charge in [0.1, 0.15) is 11.8 Å². The Labute approximate surface area is 197 Å². The predicted molar refractivity (Wildman–Crippen MR) is 134 cm³/mol. The quantitative estimate of drug-likeness (QED) is 0.542. The number of hydrogen-bond donors (Lipinski definition) is 3. The maximum Gasteiger partial charge on any atom is 0.318 e. The molecule has 1 aliphatic rings. The van der Waals surface area contributed by atoms with Crippen LogP contribution in [0.4, 0.5) is 10.5 Å². The number of likely N-dealkylation sites (tertiary alicyclic amines) is 1. The first-order chi connectivity index (χ1) is 15.7. The van der Waals surface area contributed by atoms with E-state index in [-0.39, 0.29) is 24.6 Å². The van der Waals surface area contributed by atoms with Crippen LogP contribution in [-0.2, 0) is 4.79 Å². The molecule has 1 saturated heterocycles. The molecule has 0 radical (unpaired) electrons. The Morgan fingerprint density at radius 3 is 2.33 bits per heavy atom. The van der Waals surface area contributed by atoms with Gasteiger partial charge in [0.05, 0.1) is 27.8 Å². The van der Waals surface area contributed by atoms with Crippen molar-refractivity contribution in [2.24, 2.45) is 0 Å². The molecule has 0 bridgehead atoms. The Morgan fingerprint density at radius 1 is 1.09 bits per heavy atom. The van der Waals surface area contributed by atoms with Crippen LogP contribution in [0.2, 0.25) is 19.6 Å². The molecule has 2 atom stereocenters. The number of nitrogens with zero attached hydrogens (tertiary/aromatic N) is 1. The highest BCUT2D eigenvalue weighted by atomic mass is 28.3. The number of urea groups is 1. The Bertz CT molecular complexity index is 942. The summed E-state index contributed by atoms with van der Waals surface area (Å²) in [4.78, 5) is 28.0. The number of methoxy groups -OCH3 is 1. The second-order valence-corrected chi connectivity index (χ2v) is 14.6. The van der Waals surface area contributed by atoms with Gasteiger partial charge in [-0.25, -0.2) is 4.79 Å². The standard InChI is InChI=1S/C25H35N3O4Si/c1-32-21-12-8-18(9-13-21)23(27-25(31)28-16-6-5-7-20(28)17-29)24(30)26-19-10-14-22(15-11-19)33(2,3)4/h8-15,20,23,29H,5-7,16-17H2,1-4H3,(H,26,30)(H,27,31). The average Bonchev–Trinajstić information content (AvgIpc) is 2.82. The number of benzene rings is 2. The molecular formula is C25H35N3O4Si. The first-order valence-corrected chi connectivity index (χ1v) is 15.0.